The van der Waals surface area contributed by atoms with Crippen molar-refractivity contribution in [3.05, 3.63) is 41.9 Å². The van der Waals surface area contributed by atoms with Crippen molar-refractivity contribution in [2.45, 2.75) is 76.7 Å². The third-order valence-electron chi connectivity index (χ3n) is 6.19. The first-order valence-corrected chi connectivity index (χ1v) is 13.3. The second-order valence-electron chi connectivity index (χ2n) is 8.55. The molecule has 0 radical (unpaired) electrons. The summed E-state index contributed by atoms with van der Waals surface area (Å²) in [5.74, 6) is 1.35. The summed E-state index contributed by atoms with van der Waals surface area (Å²) in [7, 11) is 0.389. The Morgan fingerprint density at radius 2 is 1.82 bits per heavy atom. The van der Waals surface area contributed by atoms with Gasteiger partial charge in [-0.1, -0.05) is 33.1 Å². The Labute approximate surface area is 200 Å². The van der Waals surface area contributed by atoms with Crippen molar-refractivity contribution in [2.24, 2.45) is 5.92 Å². The van der Waals surface area contributed by atoms with Gasteiger partial charge in [0.1, 0.15) is 28.8 Å². The molecule has 0 aliphatic heterocycles. The van der Waals surface area contributed by atoms with Crippen LogP contribution in [0.25, 0.3) is 0 Å². The van der Waals surface area contributed by atoms with Crippen LogP contribution in [0.15, 0.2) is 35.5 Å². The molecule has 2 N–H and O–H groups in total. The molecule has 2 aliphatic rings. The van der Waals surface area contributed by atoms with Crippen LogP contribution >= 0.6 is 0 Å². The van der Waals surface area contributed by atoms with E-state index in [1.165, 1.54) is 51.3 Å². The minimum Gasteiger partial charge on any atom is -0.353 e. The molecule has 1 aromatic heterocycles. The highest BCUT2D eigenvalue weighted by Crippen LogP contribution is 2.34. The van der Waals surface area contributed by atoms with Gasteiger partial charge in [-0.3, -0.25) is 4.79 Å². The number of aryl methyl sites for hydroxylation is 1. The SMILES string of the molecule is CC.CNS(=O)c1ccc(NC(=O)c2cc(N(CC3CC3)C3CCCCC3)ncn2)c(C)c1. The van der Waals surface area contributed by atoms with Gasteiger partial charge in [0.05, 0.1) is 4.90 Å². The highest BCUT2D eigenvalue weighted by atomic mass is 32.2. The Morgan fingerprint density at radius 1 is 1.09 bits per heavy atom. The number of carbonyl (C=O) groups is 1. The van der Waals surface area contributed by atoms with Crippen molar-refractivity contribution in [3.8, 4) is 0 Å². The maximum absolute atomic E-state index is 12.9. The Bertz CT molecular complexity index is 958. The maximum atomic E-state index is 12.9. The van der Waals surface area contributed by atoms with Crippen molar-refractivity contribution in [3.63, 3.8) is 0 Å². The molecule has 0 bridgehead atoms. The zero-order chi connectivity index (χ0) is 23.8. The molecule has 8 heteroatoms. The molecule has 2 fully saturated rings. The topological polar surface area (TPSA) is 87.2 Å². The molecule has 1 amide bonds. The summed E-state index contributed by atoms with van der Waals surface area (Å²) in [6.45, 7) is 6.91. The van der Waals surface area contributed by atoms with Gasteiger partial charge in [-0.25, -0.2) is 18.9 Å². The van der Waals surface area contributed by atoms with Crippen molar-refractivity contribution in [1.29, 1.82) is 0 Å². The monoisotopic (exact) mass is 471 g/mol. The normalized spacial score (nSPS) is 17.0. The number of rotatable bonds is 8. The first-order valence-electron chi connectivity index (χ1n) is 12.1. The van der Waals surface area contributed by atoms with Crippen LogP contribution in [-0.2, 0) is 11.0 Å². The maximum Gasteiger partial charge on any atom is 0.274 e. The minimum atomic E-state index is -1.26. The fourth-order valence-corrected chi connectivity index (χ4v) is 4.94. The average molecular weight is 472 g/mol. The van der Waals surface area contributed by atoms with E-state index >= 15 is 0 Å². The first-order chi connectivity index (χ1) is 16.0. The number of hydrogen-bond acceptors (Lipinski definition) is 5. The van der Waals surface area contributed by atoms with E-state index < -0.39 is 11.0 Å². The Hall–Kier alpha value is -2.32. The highest BCUT2D eigenvalue weighted by molar-refractivity contribution is 7.83. The zero-order valence-electron chi connectivity index (χ0n) is 20.3. The Morgan fingerprint density at radius 3 is 2.45 bits per heavy atom. The van der Waals surface area contributed by atoms with Gasteiger partial charge in [0.15, 0.2) is 0 Å². The van der Waals surface area contributed by atoms with Crippen molar-refractivity contribution < 1.29 is 9.00 Å². The Kier molecular flexibility index (Phi) is 9.38. The van der Waals surface area contributed by atoms with Crippen LogP contribution in [0.5, 0.6) is 0 Å². The number of aromatic nitrogens is 2. The summed E-state index contributed by atoms with van der Waals surface area (Å²) >= 11 is 0. The molecule has 1 aromatic carbocycles. The molecule has 180 valence electrons. The largest absolute Gasteiger partial charge is 0.353 e. The molecule has 0 saturated heterocycles. The van der Waals surface area contributed by atoms with Crippen molar-refractivity contribution in [2.75, 3.05) is 23.8 Å². The van der Waals surface area contributed by atoms with Gasteiger partial charge in [0, 0.05) is 24.3 Å². The third kappa shape index (κ3) is 6.84. The standard InChI is InChI=1S/C23H31N5O2S.C2H6/c1-16-12-19(31(30)24-2)10-11-20(16)27-23(29)21-13-22(26-15-25-21)28(14-17-8-9-17)18-6-4-3-5-7-18;1-2/h10-13,15,17-18,24H,3-9,14H2,1-2H3,(H,27,29);1-2H3. The van der Waals surface area contributed by atoms with Crippen LogP contribution in [0, 0.1) is 12.8 Å². The van der Waals surface area contributed by atoms with Crippen LogP contribution in [-0.4, -0.2) is 39.7 Å². The predicted molar refractivity (Wildman–Crippen MR) is 135 cm³/mol. The molecular formula is C25H37N5O2S. The molecule has 2 aliphatic carbocycles. The summed E-state index contributed by atoms with van der Waals surface area (Å²) in [5.41, 5.74) is 1.90. The summed E-state index contributed by atoms with van der Waals surface area (Å²) in [4.78, 5) is 24.8. The van der Waals surface area contributed by atoms with Gasteiger partial charge in [-0.2, -0.15) is 0 Å². The molecule has 2 saturated carbocycles. The number of hydrogen-bond donors (Lipinski definition) is 2. The van der Waals surface area contributed by atoms with Gasteiger partial charge in [0.2, 0.25) is 0 Å². The molecular weight excluding hydrogens is 434 g/mol. The van der Waals surface area contributed by atoms with Crippen LogP contribution in [0.1, 0.15) is 74.8 Å². The van der Waals surface area contributed by atoms with Gasteiger partial charge < -0.3 is 10.2 Å². The number of carbonyl (C=O) groups excluding carboxylic acids is 1. The lowest BCUT2D eigenvalue weighted by Gasteiger charge is -2.35. The molecule has 33 heavy (non-hydrogen) atoms. The number of nitrogens with one attached hydrogen (secondary N) is 2. The van der Waals surface area contributed by atoms with Gasteiger partial charge in [-0.15, -0.1) is 0 Å². The van der Waals surface area contributed by atoms with E-state index in [1.54, 1.807) is 19.2 Å². The number of anilines is 2. The predicted octanol–water partition coefficient (Wildman–Crippen LogP) is 4.85. The van der Waals surface area contributed by atoms with E-state index in [-0.39, 0.29) is 5.91 Å². The van der Waals surface area contributed by atoms with Crippen LogP contribution in [0.2, 0.25) is 0 Å². The van der Waals surface area contributed by atoms with Gasteiger partial charge >= 0.3 is 0 Å². The van der Waals surface area contributed by atoms with Crippen molar-refractivity contribution in [1.82, 2.24) is 14.7 Å². The van der Waals surface area contributed by atoms with Crippen molar-refractivity contribution >= 4 is 28.4 Å². The van der Waals surface area contributed by atoms with E-state index in [0.717, 1.165) is 23.8 Å². The summed E-state index contributed by atoms with van der Waals surface area (Å²) in [5, 5.41) is 2.94. The molecule has 0 spiro atoms. The van der Waals surface area contributed by atoms with Gasteiger partial charge in [-0.05, 0) is 69.3 Å². The molecule has 1 atom stereocenters. The second kappa shape index (κ2) is 12.2. The van der Waals surface area contributed by atoms with Crippen LogP contribution in [0.4, 0.5) is 11.5 Å². The zero-order valence-corrected chi connectivity index (χ0v) is 21.1. The molecule has 7 nitrogen and oxygen atoms in total. The molecule has 2 aromatic rings. The van der Waals surface area contributed by atoms with Gasteiger partial charge in [0.25, 0.3) is 5.91 Å². The van der Waals surface area contributed by atoms with Crippen LogP contribution < -0.4 is 14.9 Å². The van der Waals surface area contributed by atoms with E-state index in [1.807, 2.05) is 32.9 Å². The fraction of sp³-hybridized carbons (Fsp3) is 0.560. The van der Waals surface area contributed by atoms with E-state index in [0.29, 0.717) is 22.3 Å². The molecule has 4 rings (SSSR count). The lowest BCUT2D eigenvalue weighted by Crippen LogP contribution is -2.39. The number of nitrogens with zero attached hydrogens (tertiary/aromatic N) is 3. The van der Waals surface area contributed by atoms with E-state index in [9.17, 15) is 9.00 Å². The number of benzene rings is 1. The molecule has 1 unspecified atom stereocenters. The smallest absolute Gasteiger partial charge is 0.274 e. The fourth-order valence-electron chi connectivity index (χ4n) is 4.23. The van der Waals surface area contributed by atoms with E-state index in [2.05, 4.69) is 24.9 Å². The highest BCUT2D eigenvalue weighted by Gasteiger charge is 2.30. The lowest BCUT2D eigenvalue weighted by molar-refractivity contribution is 0.102. The average Bonchev–Trinajstić information content (AvgIpc) is 3.69. The lowest BCUT2D eigenvalue weighted by atomic mass is 9.94. The Balaban J connectivity index is 0.00000149. The first kappa shape index (κ1) is 25.3. The summed E-state index contributed by atoms with van der Waals surface area (Å²) < 4.78 is 14.6. The minimum absolute atomic E-state index is 0.260. The summed E-state index contributed by atoms with van der Waals surface area (Å²) in [6.07, 6.45) is 10.3. The van der Waals surface area contributed by atoms with E-state index in [4.69, 9.17) is 0 Å². The molecule has 1 heterocycles. The number of amides is 1. The summed E-state index contributed by atoms with van der Waals surface area (Å²) in [6, 6.07) is 7.67. The third-order valence-corrected chi connectivity index (χ3v) is 7.25. The quantitative estimate of drug-likeness (QED) is 0.574. The second-order valence-corrected chi connectivity index (χ2v) is 9.97. The van der Waals surface area contributed by atoms with Crippen LogP contribution in [0.3, 0.4) is 0 Å².